The number of hydrogen-bond acceptors (Lipinski definition) is 7. The number of amides is 3. The average molecular weight is 479 g/mol. The van der Waals surface area contributed by atoms with Gasteiger partial charge in [-0.1, -0.05) is 24.3 Å². The van der Waals surface area contributed by atoms with Gasteiger partial charge in [-0.15, -0.1) is 11.3 Å². The zero-order valence-corrected chi connectivity index (χ0v) is 19.2. The quantitative estimate of drug-likeness (QED) is 0.280. The van der Waals surface area contributed by atoms with Crippen molar-refractivity contribution in [1.29, 1.82) is 0 Å². The first kappa shape index (κ1) is 23.2. The summed E-state index contributed by atoms with van der Waals surface area (Å²) in [6, 6.07) is 17.8. The molecule has 0 bridgehead atoms. The van der Waals surface area contributed by atoms with Crippen LogP contribution >= 0.6 is 11.3 Å². The van der Waals surface area contributed by atoms with E-state index in [-0.39, 0.29) is 19.6 Å². The minimum Gasteiger partial charge on any atom is -0.484 e. The number of benzene rings is 2. The molecule has 34 heavy (non-hydrogen) atoms. The van der Waals surface area contributed by atoms with Crippen molar-refractivity contribution in [3.63, 3.8) is 0 Å². The maximum absolute atomic E-state index is 13.3. The van der Waals surface area contributed by atoms with E-state index in [1.807, 2.05) is 23.6 Å². The molecule has 8 nitrogen and oxygen atoms in total. The maximum Gasteiger partial charge on any atom is 0.308 e. The number of thiophene rings is 1. The number of para-hydroxylation sites is 1. The lowest BCUT2D eigenvalue weighted by molar-refractivity contribution is -0.140. The van der Waals surface area contributed by atoms with Crippen LogP contribution in [-0.2, 0) is 25.7 Å². The van der Waals surface area contributed by atoms with E-state index in [1.165, 1.54) is 47.4 Å². The number of carbonyl (C=O) groups is 4. The van der Waals surface area contributed by atoms with Crippen molar-refractivity contribution >= 4 is 40.7 Å². The summed E-state index contributed by atoms with van der Waals surface area (Å²) in [6.45, 7) is 1.22. The van der Waals surface area contributed by atoms with Crippen LogP contribution in [0.1, 0.15) is 18.2 Å². The molecule has 1 unspecified atom stereocenters. The highest BCUT2D eigenvalue weighted by atomic mass is 32.1. The van der Waals surface area contributed by atoms with Gasteiger partial charge in [-0.2, -0.15) is 0 Å². The number of ether oxygens (including phenoxy) is 2. The second-order valence-corrected chi connectivity index (χ2v) is 8.61. The monoisotopic (exact) mass is 478 g/mol. The number of carbonyl (C=O) groups excluding carboxylic acids is 4. The number of rotatable bonds is 8. The summed E-state index contributed by atoms with van der Waals surface area (Å²) in [5.74, 6) is -0.926. The van der Waals surface area contributed by atoms with Crippen molar-refractivity contribution in [2.45, 2.75) is 25.9 Å². The standard InChI is InChI=1S/C25H22N2O6S/c1-17(28)33-20-11-9-18(10-12-20)27-23(29)14-22(25(27)31)26(15-21-8-5-13-34-21)24(30)16-32-19-6-3-2-4-7-19/h2-13,22H,14-16H2,1H3. The summed E-state index contributed by atoms with van der Waals surface area (Å²) < 4.78 is 10.6. The van der Waals surface area contributed by atoms with Crippen LogP contribution in [0.15, 0.2) is 72.1 Å². The fourth-order valence-corrected chi connectivity index (χ4v) is 4.35. The van der Waals surface area contributed by atoms with E-state index < -0.39 is 29.7 Å². The van der Waals surface area contributed by atoms with Crippen molar-refractivity contribution in [2.24, 2.45) is 0 Å². The molecule has 1 aliphatic heterocycles. The first-order valence-corrected chi connectivity index (χ1v) is 11.5. The topological polar surface area (TPSA) is 93.2 Å². The Morgan fingerprint density at radius 2 is 1.74 bits per heavy atom. The van der Waals surface area contributed by atoms with Gasteiger partial charge in [0.2, 0.25) is 5.91 Å². The molecular formula is C25H22N2O6S. The SMILES string of the molecule is CC(=O)Oc1ccc(N2C(=O)CC(N(Cc3cccs3)C(=O)COc3ccccc3)C2=O)cc1. The van der Waals surface area contributed by atoms with Crippen LogP contribution in [0, 0.1) is 0 Å². The molecule has 174 valence electrons. The van der Waals surface area contributed by atoms with Crippen LogP contribution in [0.4, 0.5) is 5.69 Å². The van der Waals surface area contributed by atoms with Crippen LogP contribution in [0.25, 0.3) is 0 Å². The molecule has 3 aromatic rings. The van der Waals surface area contributed by atoms with Crippen molar-refractivity contribution < 1.29 is 28.7 Å². The van der Waals surface area contributed by atoms with Crippen molar-refractivity contribution in [1.82, 2.24) is 4.90 Å². The molecule has 0 N–H and O–H groups in total. The van der Waals surface area contributed by atoms with Crippen LogP contribution < -0.4 is 14.4 Å². The Labute approximate surface area is 200 Å². The minimum atomic E-state index is -0.949. The van der Waals surface area contributed by atoms with Crippen molar-refractivity contribution in [3.05, 3.63) is 77.0 Å². The zero-order chi connectivity index (χ0) is 24.1. The molecule has 0 radical (unpaired) electrons. The number of nitrogens with zero attached hydrogens (tertiary/aromatic N) is 2. The molecule has 0 aliphatic carbocycles. The van der Waals surface area contributed by atoms with E-state index in [4.69, 9.17) is 9.47 Å². The highest BCUT2D eigenvalue weighted by Gasteiger charge is 2.44. The fraction of sp³-hybridized carbons (Fsp3) is 0.200. The van der Waals surface area contributed by atoms with Gasteiger partial charge < -0.3 is 14.4 Å². The van der Waals surface area contributed by atoms with Gasteiger partial charge in [-0.05, 0) is 47.8 Å². The third-order valence-corrected chi connectivity index (χ3v) is 6.05. The van der Waals surface area contributed by atoms with Crippen molar-refractivity contribution in [2.75, 3.05) is 11.5 Å². The molecule has 1 aliphatic rings. The highest BCUT2D eigenvalue weighted by Crippen LogP contribution is 2.29. The molecule has 0 spiro atoms. The van der Waals surface area contributed by atoms with Gasteiger partial charge in [0.15, 0.2) is 6.61 Å². The van der Waals surface area contributed by atoms with Gasteiger partial charge in [0, 0.05) is 11.8 Å². The summed E-state index contributed by atoms with van der Waals surface area (Å²) in [5.41, 5.74) is 0.345. The second-order valence-electron chi connectivity index (χ2n) is 7.58. The summed E-state index contributed by atoms with van der Waals surface area (Å²) in [5, 5.41) is 1.89. The zero-order valence-electron chi connectivity index (χ0n) is 18.4. The molecule has 1 aromatic heterocycles. The largest absolute Gasteiger partial charge is 0.484 e. The Morgan fingerprint density at radius 3 is 2.38 bits per heavy atom. The summed E-state index contributed by atoms with van der Waals surface area (Å²) in [4.78, 5) is 53.8. The number of hydrogen-bond donors (Lipinski definition) is 0. The van der Waals surface area contributed by atoms with E-state index >= 15 is 0 Å². The van der Waals surface area contributed by atoms with Crippen LogP contribution in [0.2, 0.25) is 0 Å². The van der Waals surface area contributed by atoms with Gasteiger partial charge in [-0.3, -0.25) is 19.2 Å². The molecular weight excluding hydrogens is 456 g/mol. The van der Waals surface area contributed by atoms with Gasteiger partial charge in [0.25, 0.3) is 11.8 Å². The average Bonchev–Trinajstić information content (AvgIpc) is 3.44. The number of imide groups is 1. The molecule has 9 heteroatoms. The predicted octanol–water partition coefficient (Wildman–Crippen LogP) is 3.41. The first-order valence-electron chi connectivity index (χ1n) is 10.6. The van der Waals surface area contributed by atoms with E-state index in [0.29, 0.717) is 17.2 Å². The second kappa shape index (κ2) is 10.3. The Kier molecular flexibility index (Phi) is 7.03. The lowest BCUT2D eigenvalue weighted by atomic mass is 10.2. The van der Waals surface area contributed by atoms with E-state index in [1.54, 1.807) is 24.3 Å². The van der Waals surface area contributed by atoms with Crippen LogP contribution in [0.5, 0.6) is 11.5 Å². The first-order chi connectivity index (χ1) is 16.4. The third-order valence-electron chi connectivity index (χ3n) is 5.19. The predicted molar refractivity (Wildman–Crippen MR) is 125 cm³/mol. The third kappa shape index (κ3) is 5.32. The minimum absolute atomic E-state index is 0.132. The Morgan fingerprint density at radius 1 is 1.00 bits per heavy atom. The molecule has 2 aromatic carbocycles. The summed E-state index contributed by atoms with van der Waals surface area (Å²) in [7, 11) is 0. The number of esters is 1. The fourth-order valence-electron chi connectivity index (χ4n) is 3.65. The normalized spacial score (nSPS) is 15.3. The van der Waals surface area contributed by atoms with Crippen LogP contribution in [0.3, 0.4) is 0 Å². The lowest BCUT2D eigenvalue weighted by Crippen LogP contribution is -2.46. The Hall–Kier alpha value is -3.98. The van der Waals surface area contributed by atoms with E-state index in [9.17, 15) is 19.2 Å². The maximum atomic E-state index is 13.3. The number of anilines is 1. The van der Waals surface area contributed by atoms with Crippen molar-refractivity contribution in [3.8, 4) is 11.5 Å². The Bertz CT molecular complexity index is 1180. The summed E-state index contributed by atoms with van der Waals surface area (Å²) in [6.07, 6.45) is -0.132. The molecule has 2 heterocycles. The van der Waals surface area contributed by atoms with Crippen LogP contribution in [-0.4, -0.2) is 41.2 Å². The van der Waals surface area contributed by atoms with E-state index in [0.717, 1.165) is 9.78 Å². The Balaban J connectivity index is 1.53. The molecule has 3 amide bonds. The molecule has 4 rings (SSSR count). The van der Waals surface area contributed by atoms with Gasteiger partial charge in [-0.25, -0.2) is 4.90 Å². The molecule has 1 saturated heterocycles. The molecule has 1 fully saturated rings. The van der Waals surface area contributed by atoms with Gasteiger partial charge >= 0.3 is 5.97 Å². The summed E-state index contributed by atoms with van der Waals surface area (Å²) >= 11 is 1.46. The van der Waals surface area contributed by atoms with Gasteiger partial charge in [0.05, 0.1) is 18.7 Å². The molecule has 0 saturated carbocycles. The lowest BCUT2D eigenvalue weighted by Gasteiger charge is -2.27. The highest BCUT2D eigenvalue weighted by molar-refractivity contribution is 7.09. The van der Waals surface area contributed by atoms with E-state index in [2.05, 4.69) is 0 Å². The van der Waals surface area contributed by atoms with Gasteiger partial charge in [0.1, 0.15) is 17.5 Å². The molecule has 1 atom stereocenters. The smallest absolute Gasteiger partial charge is 0.308 e.